The average molecular weight is 481 g/mol. The van der Waals surface area contributed by atoms with E-state index < -0.39 is 18.0 Å². The molecule has 0 aliphatic heterocycles. The van der Waals surface area contributed by atoms with Crippen molar-refractivity contribution in [1.82, 2.24) is 4.98 Å². The summed E-state index contributed by atoms with van der Waals surface area (Å²) in [4.78, 5) is 26.4. The topological polar surface area (TPSA) is 123 Å². The third-order valence-corrected chi connectivity index (χ3v) is 5.49. The van der Waals surface area contributed by atoms with Crippen LogP contribution in [0.4, 0.5) is 0 Å². The maximum absolute atomic E-state index is 11.1. The molecule has 0 radical (unpaired) electrons. The van der Waals surface area contributed by atoms with Gasteiger partial charge in [-0.3, -0.25) is 0 Å². The summed E-state index contributed by atoms with van der Waals surface area (Å²) < 4.78 is 5.84. The van der Waals surface area contributed by atoms with Crippen LogP contribution in [0.15, 0.2) is 42.5 Å². The monoisotopic (exact) mass is 481 g/mol. The van der Waals surface area contributed by atoms with Gasteiger partial charge in [0, 0.05) is 12.1 Å². The van der Waals surface area contributed by atoms with Gasteiger partial charge in [0.15, 0.2) is 0 Å². The smallest absolute Gasteiger partial charge is 0.545 e. The number of aliphatic hydroxyl groups excluding tert-OH is 1. The van der Waals surface area contributed by atoms with Crippen LogP contribution in [0.1, 0.15) is 91.7 Å². The van der Waals surface area contributed by atoms with Crippen LogP contribution in [-0.2, 0) is 11.2 Å². The number of carbonyl (C=O) groups is 2. The molecule has 0 fully saturated rings. The molecule has 0 amide bonds. The molecule has 0 saturated carbocycles. The number of hydrogen-bond donors (Lipinski definition) is 1. The Hall–Kier alpha value is -2.00. The first-order valence-electron chi connectivity index (χ1n) is 11.9. The van der Waals surface area contributed by atoms with Crippen molar-refractivity contribution in [3.63, 3.8) is 0 Å². The Morgan fingerprint density at radius 3 is 2.31 bits per heavy atom. The fourth-order valence-electron chi connectivity index (χ4n) is 3.61. The quantitative estimate of drug-likeness (QED) is 0.154. The number of carboxylic acids is 2. The molecular weight excluding hydrogens is 448 g/mol. The number of carbonyl (C=O) groups excluding carboxylic acids is 2. The molecule has 1 unspecified atom stereocenters. The van der Waals surface area contributed by atoms with Crippen molar-refractivity contribution in [2.24, 2.45) is 0 Å². The summed E-state index contributed by atoms with van der Waals surface area (Å²) in [7, 11) is 0. The largest absolute Gasteiger partial charge is 1.00 e. The Balaban J connectivity index is 0.00000612. The summed E-state index contributed by atoms with van der Waals surface area (Å²) in [5.41, 5.74) is 1.23. The fraction of sp³-hybridized carbons (Fsp3) is 0.444. The first-order valence-corrected chi connectivity index (χ1v) is 11.9. The Morgan fingerprint density at radius 1 is 1.00 bits per heavy atom. The van der Waals surface area contributed by atoms with E-state index in [1.165, 1.54) is 62.8 Å². The second-order valence-electron chi connectivity index (χ2n) is 8.29. The number of hydrogen-bond acceptors (Lipinski definition) is 7. The number of benzene rings is 1. The second kappa shape index (κ2) is 19.2. The van der Waals surface area contributed by atoms with Crippen LogP contribution in [0.2, 0.25) is 0 Å². The minimum absolute atomic E-state index is 0. The van der Waals surface area contributed by atoms with Gasteiger partial charge >= 0.3 is 37.7 Å². The molecule has 0 saturated heterocycles. The SMILES string of the molecule is CCCCCCCCCCOc1ccc(CC(O)c2cccc(C(=O)[O-])c2)nc1/C=C/C(=O)[O-].[Li+].[Li+]. The number of pyridine rings is 1. The van der Waals surface area contributed by atoms with Gasteiger partial charge in [-0.15, -0.1) is 0 Å². The molecule has 9 heteroatoms. The molecule has 0 aliphatic rings. The van der Waals surface area contributed by atoms with Crippen molar-refractivity contribution >= 4 is 18.0 Å². The number of aromatic carboxylic acids is 1. The zero-order valence-electron chi connectivity index (χ0n) is 21.7. The summed E-state index contributed by atoms with van der Waals surface area (Å²) in [6.07, 6.45) is 10.8. The third-order valence-electron chi connectivity index (χ3n) is 5.49. The minimum Gasteiger partial charge on any atom is -0.545 e. The molecule has 184 valence electrons. The Kier molecular flexibility index (Phi) is 18.1. The number of unbranched alkanes of at least 4 members (excludes halogenated alkanes) is 7. The molecule has 0 spiro atoms. The number of aromatic nitrogens is 1. The predicted octanol–water partition coefficient (Wildman–Crippen LogP) is -2.99. The van der Waals surface area contributed by atoms with Gasteiger partial charge in [-0.2, -0.15) is 0 Å². The molecule has 0 aliphatic carbocycles. The van der Waals surface area contributed by atoms with E-state index in [9.17, 15) is 24.9 Å². The summed E-state index contributed by atoms with van der Waals surface area (Å²) in [6, 6.07) is 9.31. The van der Waals surface area contributed by atoms with Crippen molar-refractivity contribution in [3.05, 3.63) is 65.0 Å². The fourth-order valence-corrected chi connectivity index (χ4v) is 3.61. The van der Waals surface area contributed by atoms with Crippen molar-refractivity contribution < 1.29 is 67.4 Å². The summed E-state index contributed by atoms with van der Waals surface area (Å²) in [5, 5.41) is 32.5. The number of rotatable bonds is 16. The van der Waals surface area contributed by atoms with E-state index in [1.807, 2.05) is 0 Å². The third kappa shape index (κ3) is 12.8. The molecule has 1 heterocycles. The standard InChI is InChI=1S/C27H35NO6.2Li/c1-2-3-4-5-6-7-8-9-17-34-25-15-13-22(28-23(25)14-16-26(30)31)19-24(29)20-11-10-12-21(18-20)27(32)33;;/h10-16,18,24,29H,2-9,17,19H2,1H3,(H,30,31)(H,32,33);;/q;2*+1/p-2/b16-14+;;. The van der Waals surface area contributed by atoms with Gasteiger partial charge in [0.1, 0.15) is 11.4 Å². The molecule has 1 aromatic heterocycles. The number of carboxylic acid groups (broad SMARTS) is 2. The van der Waals surface area contributed by atoms with Crippen molar-refractivity contribution in [3.8, 4) is 5.75 Å². The van der Waals surface area contributed by atoms with Crippen LogP contribution in [0.25, 0.3) is 6.08 Å². The van der Waals surface area contributed by atoms with E-state index in [1.54, 1.807) is 18.2 Å². The molecule has 1 aromatic carbocycles. The van der Waals surface area contributed by atoms with Gasteiger partial charge in [0.25, 0.3) is 0 Å². The molecule has 2 aromatic rings. The normalized spacial score (nSPS) is 11.4. The molecule has 7 nitrogen and oxygen atoms in total. The van der Waals surface area contributed by atoms with Crippen molar-refractivity contribution in [2.75, 3.05) is 6.61 Å². The molecule has 2 rings (SSSR count). The Bertz CT molecular complexity index is 967. The summed E-state index contributed by atoms with van der Waals surface area (Å²) in [6.45, 7) is 2.70. The maximum Gasteiger partial charge on any atom is 1.00 e. The van der Waals surface area contributed by atoms with E-state index in [4.69, 9.17) is 4.74 Å². The minimum atomic E-state index is -1.35. The summed E-state index contributed by atoms with van der Waals surface area (Å²) >= 11 is 0. The predicted molar refractivity (Wildman–Crippen MR) is 126 cm³/mol. The zero-order chi connectivity index (χ0) is 24.8. The Morgan fingerprint density at radius 2 is 1.67 bits per heavy atom. The molecule has 0 bridgehead atoms. The number of nitrogens with zero attached hydrogens (tertiary/aromatic N) is 1. The number of ether oxygens (including phenoxy) is 1. The van der Waals surface area contributed by atoms with Crippen LogP contribution < -0.4 is 52.7 Å². The molecule has 1 atom stereocenters. The van der Waals surface area contributed by atoms with E-state index in [0.29, 0.717) is 29.3 Å². The van der Waals surface area contributed by atoms with Gasteiger partial charge in [0.2, 0.25) is 0 Å². The first kappa shape index (κ1) is 34.0. The van der Waals surface area contributed by atoms with E-state index in [2.05, 4.69) is 11.9 Å². The van der Waals surface area contributed by atoms with Gasteiger partial charge < -0.3 is 29.6 Å². The van der Waals surface area contributed by atoms with Gasteiger partial charge in [-0.25, -0.2) is 4.98 Å². The van der Waals surface area contributed by atoms with Crippen LogP contribution in [0, 0.1) is 0 Å². The first-order chi connectivity index (χ1) is 16.4. The van der Waals surface area contributed by atoms with E-state index >= 15 is 0 Å². The van der Waals surface area contributed by atoms with Crippen molar-refractivity contribution in [1.29, 1.82) is 0 Å². The average Bonchev–Trinajstić information content (AvgIpc) is 2.82. The van der Waals surface area contributed by atoms with Crippen LogP contribution >= 0.6 is 0 Å². The van der Waals surface area contributed by atoms with Gasteiger partial charge in [0.05, 0.1) is 24.6 Å². The van der Waals surface area contributed by atoms with Gasteiger partial charge in [-0.05, 0) is 47.9 Å². The number of aliphatic carboxylic acids is 1. The van der Waals surface area contributed by atoms with Crippen LogP contribution in [0.3, 0.4) is 0 Å². The summed E-state index contributed by atoms with van der Waals surface area (Å²) in [5.74, 6) is -2.21. The molecular formula is C27H33Li2NO6. The van der Waals surface area contributed by atoms with Gasteiger partial charge in [-0.1, -0.05) is 70.1 Å². The molecule has 1 N–H and O–H groups in total. The zero-order valence-corrected chi connectivity index (χ0v) is 21.7. The van der Waals surface area contributed by atoms with Crippen LogP contribution in [0.5, 0.6) is 5.75 Å². The van der Waals surface area contributed by atoms with Crippen molar-refractivity contribution in [2.45, 2.75) is 70.8 Å². The van der Waals surface area contributed by atoms with E-state index in [-0.39, 0.29) is 49.7 Å². The Labute approximate surface area is 237 Å². The van der Waals surface area contributed by atoms with Crippen LogP contribution in [-0.4, -0.2) is 28.6 Å². The second-order valence-corrected chi connectivity index (χ2v) is 8.29. The maximum atomic E-state index is 11.1. The van der Waals surface area contributed by atoms with E-state index in [0.717, 1.165) is 18.9 Å². The molecule has 36 heavy (non-hydrogen) atoms. The number of aliphatic hydroxyl groups is 1.